The molecule has 0 aliphatic carbocycles. The normalized spacial score (nSPS) is 15.7. The van der Waals surface area contributed by atoms with Crippen molar-refractivity contribution in [2.75, 3.05) is 36.9 Å². The van der Waals surface area contributed by atoms with Crippen LogP contribution in [0.2, 0.25) is 0 Å². The van der Waals surface area contributed by atoms with Crippen LogP contribution in [-0.2, 0) is 4.74 Å². The van der Waals surface area contributed by atoms with E-state index in [9.17, 15) is 4.39 Å². The van der Waals surface area contributed by atoms with Crippen molar-refractivity contribution < 1.29 is 9.13 Å². The van der Waals surface area contributed by atoms with E-state index >= 15 is 0 Å². The van der Waals surface area contributed by atoms with Gasteiger partial charge in [0.15, 0.2) is 0 Å². The quantitative estimate of drug-likeness (QED) is 0.863. The fourth-order valence-corrected chi connectivity index (χ4v) is 2.31. The molecular weight excluding hydrogens is 247 g/mol. The minimum atomic E-state index is -0.257. The Bertz CT molecular complexity index is 578. The van der Waals surface area contributed by atoms with Crippen molar-refractivity contribution in [3.63, 3.8) is 0 Å². The van der Waals surface area contributed by atoms with Crippen molar-refractivity contribution in [2.45, 2.75) is 0 Å². The molecular formula is C13H15FN4O. The van der Waals surface area contributed by atoms with Gasteiger partial charge in [-0.15, -0.1) is 0 Å². The number of aromatic amines is 1. The van der Waals surface area contributed by atoms with Crippen LogP contribution in [0.15, 0.2) is 24.4 Å². The van der Waals surface area contributed by atoms with Crippen LogP contribution in [-0.4, -0.2) is 36.5 Å². The lowest BCUT2D eigenvalue weighted by molar-refractivity contribution is 0.122. The molecule has 100 valence electrons. The van der Waals surface area contributed by atoms with Gasteiger partial charge in [-0.3, -0.25) is 5.10 Å². The Morgan fingerprint density at radius 3 is 2.74 bits per heavy atom. The fraction of sp³-hybridized carbons (Fsp3) is 0.308. The Labute approximate surface area is 110 Å². The summed E-state index contributed by atoms with van der Waals surface area (Å²) in [6, 6.07) is 4.71. The Kier molecular flexibility index (Phi) is 3.08. The number of hydrogen-bond donors (Lipinski definition) is 2. The van der Waals surface area contributed by atoms with Gasteiger partial charge in [0.1, 0.15) is 11.6 Å². The van der Waals surface area contributed by atoms with E-state index in [1.54, 1.807) is 12.3 Å². The molecule has 6 heteroatoms. The average molecular weight is 262 g/mol. The molecule has 3 rings (SSSR count). The second-order valence-corrected chi connectivity index (χ2v) is 4.46. The zero-order valence-electron chi connectivity index (χ0n) is 10.4. The first kappa shape index (κ1) is 12.0. The number of anilines is 2. The van der Waals surface area contributed by atoms with Crippen LogP contribution in [0.25, 0.3) is 11.1 Å². The summed E-state index contributed by atoms with van der Waals surface area (Å²) >= 11 is 0. The van der Waals surface area contributed by atoms with Crippen LogP contribution in [0, 0.1) is 5.82 Å². The summed E-state index contributed by atoms with van der Waals surface area (Å²) < 4.78 is 18.9. The molecule has 1 aromatic heterocycles. The monoisotopic (exact) mass is 262 g/mol. The predicted molar refractivity (Wildman–Crippen MR) is 71.4 cm³/mol. The van der Waals surface area contributed by atoms with E-state index in [1.807, 2.05) is 0 Å². The van der Waals surface area contributed by atoms with Crippen LogP contribution in [0.3, 0.4) is 0 Å². The molecule has 0 amide bonds. The third-order valence-corrected chi connectivity index (χ3v) is 3.27. The summed E-state index contributed by atoms with van der Waals surface area (Å²) in [6.07, 6.45) is 1.66. The molecule has 2 heterocycles. The Morgan fingerprint density at radius 1 is 1.26 bits per heavy atom. The highest BCUT2D eigenvalue weighted by atomic mass is 19.1. The minimum absolute atomic E-state index is 0.257. The fourth-order valence-electron chi connectivity index (χ4n) is 2.31. The Hall–Kier alpha value is -2.08. The third kappa shape index (κ3) is 2.26. The van der Waals surface area contributed by atoms with E-state index in [2.05, 4.69) is 15.1 Å². The summed E-state index contributed by atoms with van der Waals surface area (Å²) in [5.41, 5.74) is 8.36. The van der Waals surface area contributed by atoms with Crippen LogP contribution in [0.4, 0.5) is 15.9 Å². The highest BCUT2D eigenvalue weighted by Crippen LogP contribution is 2.34. The maximum Gasteiger partial charge on any atom is 0.126 e. The summed E-state index contributed by atoms with van der Waals surface area (Å²) in [6.45, 7) is 2.79. The van der Waals surface area contributed by atoms with Gasteiger partial charge in [0.2, 0.25) is 0 Å². The molecule has 0 saturated carbocycles. The first-order valence-electron chi connectivity index (χ1n) is 6.17. The molecule has 0 spiro atoms. The van der Waals surface area contributed by atoms with E-state index < -0.39 is 0 Å². The highest BCUT2D eigenvalue weighted by Gasteiger charge is 2.18. The number of nitrogen functional groups attached to an aromatic ring is 1. The Morgan fingerprint density at radius 2 is 2.05 bits per heavy atom. The van der Waals surface area contributed by atoms with Crippen LogP contribution < -0.4 is 10.6 Å². The lowest BCUT2D eigenvalue weighted by Gasteiger charge is -2.30. The minimum Gasteiger partial charge on any atom is -0.384 e. The van der Waals surface area contributed by atoms with Crippen molar-refractivity contribution in [2.24, 2.45) is 0 Å². The van der Waals surface area contributed by atoms with Gasteiger partial charge in [-0.05, 0) is 18.2 Å². The number of morpholine rings is 1. The summed E-state index contributed by atoms with van der Waals surface area (Å²) in [5.74, 6) is 0.230. The molecule has 0 radical (unpaired) electrons. The molecule has 2 aromatic rings. The predicted octanol–water partition coefficient (Wildman–Crippen LogP) is 1.63. The number of nitrogens with one attached hydrogen (secondary N) is 1. The topological polar surface area (TPSA) is 67.2 Å². The number of benzene rings is 1. The standard InChI is InChI=1S/C13H15FN4O/c14-9-1-2-10(11-8-16-17-13(11)15)12(7-9)18-3-5-19-6-4-18/h1-2,7-8H,3-6H2,(H3,15,16,17). The van der Waals surface area contributed by atoms with E-state index in [-0.39, 0.29) is 5.82 Å². The van der Waals surface area contributed by atoms with E-state index in [4.69, 9.17) is 10.5 Å². The van der Waals surface area contributed by atoms with Crippen molar-refractivity contribution >= 4 is 11.5 Å². The summed E-state index contributed by atoms with van der Waals surface area (Å²) in [5, 5.41) is 6.62. The van der Waals surface area contributed by atoms with Crippen molar-refractivity contribution in [1.29, 1.82) is 0 Å². The van der Waals surface area contributed by atoms with Gasteiger partial charge in [0.05, 0.1) is 19.4 Å². The number of nitrogens with two attached hydrogens (primary N) is 1. The van der Waals surface area contributed by atoms with Gasteiger partial charge in [0, 0.05) is 29.9 Å². The van der Waals surface area contributed by atoms with Crippen LogP contribution in [0.5, 0.6) is 0 Å². The summed E-state index contributed by atoms with van der Waals surface area (Å²) in [7, 11) is 0. The zero-order chi connectivity index (χ0) is 13.2. The van der Waals surface area contributed by atoms with Crippen LogP contribution in [0.1, 0.15) is 0 Å². The SMILES string of the molecule is Nc1[nH]ncc1-c1ccc(F)cc1N1CCOCC1. The molecule has 0 unspecified atom stereocenters. The molecule has 1 saturated heterocycles. The van der Waals surface area contributed by atoms with Gasteiger partial charge in [-0.25, -0.2) is 4.39 Å². The van der Waals surface area contributed by atoms with E-state index in [0.29, 0.717) is 19.0 Å². The second-order valence-electron chi connectivity index (χ2n) is 4.46. The van der Waals surface area contributed by atoms with Crippen molar-refractivity contribution in [3.8, 4) is 11.1 Å². The number of hydrogen-bond acceptors (Lipinski definition) is 4. The molecule has 1 fully saturated rings. The van der Waals surface area contributed by atoms with Gasteiger partial charge in [0.25, 0.3) is 0 Å². The molecule has 0 atom stereocenters. The molecule has 1 aromatic carbocycles. The highest BCUT2D eigenvalue weighted by molar-refractivity contribution is 5.84. The number of nitrogens with zero attached hydrogens (tertiary/aromatic N) is 2. The smallest absolute Gasteiger partial charge is 0.126 e. The van der Waals surface area contributed by atoms with Gasteiger partial charge >= 0.3 is 0 Å². The van der Waals surface area contributed by atoms with Gasteiger partial charge in [-0.1, -0.05) is 0 Å². The van der Waals surface area contributed by atoms with E-state index in [1.165, 1.54) is 12.1 Å². The number of ether oxygens (including phenoxy) is 1. The second kappa shape index (κ2) is 4.89. The average Bonchev–Trinajstić information content (AvgIpc) is 2.86. The molecule has 1 aliphatic heterocycles. The molecule has 3 N–H and O–H groups in total. The molecule has 1 aliphatic rings. The maximum atomic E-state index is 13.5. The van der Waals surface area contributed by atoms with Crippen LogP contribution >= 0.6 is 0 Å². The Balaban J connectivity index is 2.06. The largest absolute Gasteiger partial charge is 0.384 e. The number of aromatic nitrogens is 2. The van der Waals surface area contributed by atoms with Gasteiger partial charge < -0.3 is 15.4 Å². The van der Waals surface area contributed by atoms with Crippen molar-refractivity contribution in [3.05, 3.63) is 30.2 Å². The molecule has 5 nitrogen and oxygen atoms in total. The maximum absolute atomic E-state index is 13.5. The zero-order valence-corrected chi connectivity index (χ0v) is 10.4. The lowest BCUT2D eigenvalue weighted by Crippen LogP contribution is -2.36. The third-order valence-electron chi connectivity index (χ3n) is 3.27. The number of halogens is 1. The van der Waals surface area contributed by atoms with Gasteiger partial charge in [-0.2, -0.15) is 5.10 Å². The summed E-state index contributed by atoms with van der Waals surface area (Å²) in [4.78, 5) is 2.11. The molecule has 19 heavy (non-hydrogen) atoms. The molecule has 0 bridgehead atoms. The van der Waals surface area contributed by atoms with E-state index in [0.717, 1.165) is 29.9 Å². The van der Waals surface area contributed by atoms with Crippen molar-refractivity contribution in [1.82, 2.24) is 10.2 Å². The number of H-pyrrole nitrogens is 1. The number of rotatable bonds is 2. The lowest BCUT2D eigenvalue weighted by atomic mass is 10.0. The first-order chi connectivity index (χ1) is 9.25. The first-order valence-corrected chi connectivity index (χ1v) is 6.17.